The van der Waals surface area contributed by atoms with E-state index in [2.05, 4.69) is 69.1 Å². The fourth-order valence-electron chi connectivity index (χ4n) is 4.56. The molecule has 1 unspecified atom stereocenters. The Labute approximate surface area is 199 Å². The molecule has 33 heavy (non-hydrogen) atoms. The van der Waals surface area contributed by atoms with Crippen LogP contribution in [0, 0.1) is 18.7 Å². The van der Waals surface area contributed by atoms with Crippen molar-refractivity contribution in [1.82, 2.24) is 10.2 Å². The van der Waals surface area contributed by atoms with E-state index in [1.54, 1.807) is 12.1 Å². The highest BCUT2D eigenvalue weighted by atomic mass is 19.1. The van der Waals surface area contributed by atoms with Crippen molar-refractivity contribution >= 4 is 11.6 Å². The van der Waals surface area contributed by atoms with E-state index in [0.29, 0.717) is 44.6 Å². The molecule has 1 N–H and O–H groups in total. The first kappa shape index (κ1) is 25.2. The number of hydrogen-bond donors (Lipinski definition) is 1. The summed E-state index contributed by atoms with van der Waals surface area (Å²) in [4.78, 5) is 17.3. The molecule has 1 atom stereocenters. The normalized spacial score (nSPS) is 15.4. The minimum absolute atomic E-state index is 0.141. The van der Waals surface area contributed by atoms with Gasteiger partial charge < -0.3 is 15.1 Å². The average molecular weight is 454 g/mol. The minimum atomic E-state index is -0.160. The van der Waals surface area contributed by atoms with Crippen molar-refractivity contribution in [2.75, 3.05) is 37.6 Å². The van der Waals surface area contributed by atoms with Crippen molar-refractivity contribution in [3.8, 4) is 0 Å². The number of piperazine rings is 1. The zero-order valence-electron chi connectivity index (χ0n) is 20.9. The van der Waals surface area contributed by atoms with Crippen LogP contribution in [0.2, 0.25) is 0 Å². The van der Waals surface area contributed by atoms with Gasteiger partial charge in [-0.05, 0) is 36.5 Å². The molecule has 0 aliphatic carbocycles. The molecule has 1 heterocycles. The number of benzene rings is 2. The van der Waals surface area contributed by atoms with E-state index in [0.717, 1.165) is 24.2 Å². The number of anilines is 1. The third kappa shape index (κ3) is 7.04. The van der Waals surface area contributed by atoms with Crippen LogP contribution in [0.15, 0.2) is 42.5 Å². The summed E-state index contributed by atoms with van der Waals surface area (Å²) in [5.74, 6) is 0.628. The zero-order valence-corrected chi connectivity index (χ0v) is 20.9. The first-order valence-electron chi connectivity index (χ1n) is 12.3. The predicted octanol–water partition coefficient (Wildman–Crippen LogP) is 5.15. The highest BCUT2D eigenvalue weighted by Crippen LogP contribution is 2.28. The molecule has 3 rings (SSSR count). The molecule has 1 aliphatic heterocycles. The molecule has 180 valence electrons. The van der Waals surface area contributed by atoms with E-state index in [4.69, 9.17) is 0 Å². The number of carbonyl (C=O) groups excluding carboxylic acids is 1. The summed E-state index contributed by atoms with van der Waals surface area (Å²) in [6.45, 7) is 14.0. The third-order valence-electron chi connectivity index (χ3n) is 6.39. The Hall–Kier alpha value is -2.40. The Morgan fingerprint density at radius 2 is 1.67 bits per heavy atom. The van der Waals surface area contributed by atoms with E-state index in [1.807, 2.05) is 11.0 Å². The Morgan fingerprint density at radius 3 is 2.27 bits per heavy atom. The van der Waals surface area contributed by atoms with Crippen LogP contribution in [-0.4, -0.2) is 49.6 Å². The quantitative estimate of drug-likeness (QED) is 0.570. The summed E-state index contributed by atoms with van der Waals surface area (Å²) in [7, 11) is 0. The summed E-state index contributed by atoms with van der Waals surface area (Å²) < 4.78 is 14.7. The molecule has 0 aromatic heterocycles. The maximum atomic E-state index is 14.7. The number of aryl methyl sites for hydroxylation is 1. The van der Waals surface area contributed by atoms with Crippen LogP contribution in [0.25, 0.3) is 0 Å². The molecule has 2 aromatic rings. The lowest BCUT2D eigenvalue weighted by atomic mass is 9.93. The van der Waals surface area contributed by atoms with Gasteiger partial charge >= 0.3 is 0 Å². The second-order valence-corrected chi connectivity index (χ2v) is 10.1. The van der Waals surface area contributed by atoms with Crippen LogP contribution in [0.4, 0.5) is 10.1 Å². The predicted molar refractivity (Wildman–Crippen MR) is 135 cm³/mol. The molecule has 0 spiro atoms. The van der Waals surface area contributed by atoms with Crippen molar-refractivity contribution < 1.29 is 9.18 Å². The molecule has 1 amide bonds. The van der Waals surface area contributed by atoms with Crippen LogP contribution >= 0.6 is 0 Å². The number of rotatable bonds is 9. The summed E-state index contributed by atoms with van der Waals surface area (Å²) in [5, 5.41) is 3.50. The van der Waals surface area contributed by atoms with Crippen molar-refractivity contribution in [3.05, 3.63) is 65.0 Å². The summed E-state index contributed by atoms with van der Waals surface area (Å²) in [6.07, 6.45) is 1.34. The number of nitrogens with zero attached hydrogens (tertiary/aromatic N) is 2. The standard InChI is InChI=1S/C28H40FN3O/c1-20(2)17-24-7-6-8-26(29)28(24)32-15-13-31(14-16-32)27(33)18-25(19-30-21(3)4)23-11-9-22(5)10-12-23/h6-12,20-21,25,30H,13-19H2,1-5H3. The van der Waals surface area contributed by atoms with E-state index in [9.17, 15) is 9.18 Å². The van der Waals surface area contributed by atoms with Gasteiger partial charge in [-0.25, -0.2) is 4.39 Å². The molecule has 4 nitrogen and oxygen atoms in total. The van der Waals surface area contributed by atoms with Crippen LogP contribution in [0.5, 0.6) is 0 Å². The summed E-state index contributed by atoms with van der Waals surface area (Å²) >= 11 is 0. The van der Waals surface area contributed by atoms with E-state index in [-0.39, 0.29) is 17.6 Å². The second-order valence-electron chi connectivity index (χ2n) is 10.1. The number of halogens is 1. The van der Waals surface area contributed by atoms with Gasteiger partial charge in [-0.2, -0.15) is 0 Å². The third-order valence-corrected chi connectivity index (χ3v) is 6.39. The van der Waals surface area contributed by atoms with Crippen LogP contribution in [0.1, 0.15) is 56.7 Å². The Kier molecular flexibility index (Phi) is 8.90. The maximum absolute atomic E-state index is 14.7. The summed E-state index contributed by atoms with van der Waals surface area (Å²) in [5.41, 5.74) is 4.20. The maximum Gasteiger partial charge on any atom is 0.223 e. The van der Waals surface area contributed by atoms with E-state index in [1.165, 1.54) is 11.1 Å². The fourth-order valence-corrected chi connectivity index (χ4v) is 4.56. The van der Waals surface area contributed by atoms with Gasteiger partial charge in [-0.3, -0.25) is 4.79 Å². The van der Waals surface area contributed by atoms with Crippen molar-refractivity contribution in [2.24, 2.45) is 5.92 Å². The molecule has 1 saturated heterocycles. The average Bonchev–Trinajstić information content (AvgIpc) is 2.77. The Morgan fingerprint density at radius 1 is 1.00 bits per heavy atom. The topological polar surface area (TPSA) is 35.6 Å². The number of amides is 1. The highest BCUT2D eigenvalue weighted by Gasteiger charge is 2.26. The lowest BCUT2D eigenvalue weighted by Crippen LogP contribution is -2.49. The largest absolute Gasteiger partial charge is 0.365 e. The molecule has 1 fully saturated rings. The first-order valence-corrected chi connectivity index (χ1v) is 12.3. The van der Waals surface area contributed by atoms with Gasteiger partial charge in [0.25, 0.3) is 0 Å². The zero-order chi connectivity index (χ0) is 24.0. The minimum Gasteiger partial charge on any atom is -0.365 e. The first-order chi connectivity index (χ1) is 15.7. The monoisotopic (exact) mass is 453 g/mol. The lowest BCUT2D eigenvalue weighted by Gasteiger charge is -2.38. The fraction of sp³-hybridized carbons (Fsp3) is 0.536. The molecule has 1 aliphatic rings. The van der Waals surface area contributed by atoms with Crippen LogP contribution in [0.3, 0.4) is 0 Å². The van der Waals surface area contributed by atoms with Gasteiger partial charge in [0.2, 0.25) is 5.91 Å². The van der Waals surface area contributed by atoms with Gasteiger partial charge in [-0.1, -0.05) is 69.7 Å². The number of para-hydroxylation sites is 1. The van der Waals surface area contributed by atoms with Crippen molar-refractivity contribution in [2.45, 2.75) is 59.4 Å². The molecule has 5 heteroatoms. The van der Waals surface area contributed by atoms with Crippen LogP contribution < -0.4 is 10.2 Å². The highest BCUT2D eigenvalue weighted by molar-refractivity contribution is 5.77. The van der Waals surface area contributed by atoms with Crippen LogP contribution in [-0.2, 0) is 11.2 Å². The van der Waals surface area contributed by atoms with Gasteiger partial charge in [0, 0.05) is 51.1 Å². The molecule has 0 radical (unpaired) electrons. The smallest absolute Gasteiger partial charge is 0.223 e. The Balaban J connectivity index is 1.65. The van der Waals surface area contributed by atoms with Gasteiger partial charge in [0.05, 0.1) is 5.69 Å². The lowest BCUT2D eigenvalue weighted by molar-refractivity contribution is -0.131. The van der Waals surface area contributed by atoms with Crippen molar-refractivity contribution in [3.63, 3.8) is 0 Å². The second kappa shape index (κ2) is 11.6. The SMILES string of the molecule is Cc1ccc(C(CNC(C)C)CC(=O)N2CCN(c3c(F)cccc3CC(C)C)CC2)cc1. The summed E-state index contributed by atoms with van der Waals surface area (Å²) in [6, 6.07) is 14.3. The van der Waals surface area contributed by atoms with E-state index < -0.39 is 0 Å². The molecule has 0 saturated carbocycles. The van der Waals surface area contributed by atoms with Crippen molar-refractivity contribution in [1.29, 1.82) is 0 Å². The molecular weight excluding hydrogens is 413 g/mol. The Bertz CT molecular complexity index is 902. The molecular formula is C28H40FN3O. The van der Waals surface area contributed by atoms with E-state index >= 15 is 0 Å². The number of hydrogen-bond acceptors (Lipinski definition) is 3. The van der Waals surface area contributed by atoms with Gasteiger partial charge in [0.15, 0.2) is 0 Å². The number of carbonyl (C=O) groups is 1. The van der Waals surface area contributed by atoms with Gasteiger partial charge in [0.1, 0.15) is 5.82 Å². The molecule has 0 bridgehead atoms. The number of nitrogens with one attached hydrogen (secondary N) is 1. The van der Waals surface area contributed by atoms with Gasteiger partial charge in [-0.15, -0.1) is 0 Å². The molecule has 2 aromatic carbocycles.